The number of hydrogen-bond donors (Lipinski definition) is 7. The lowest BCUT2D eigenvalue weighted by Crippen LogP contribution is -2.04. The van der Waals surface area contributed by atoms with Crippen LogP contribution >= 0.6 is 75.8 Å². The minimum absolute atomic E-state index is 0.343. The molecule has 0 aliphatic carbocycles. The van der Waals surface area contributed by atoms with Gasteiger partial charge in [0.05, 0.1) is 0 Å². The molecule has 0 saturated heterocycles. The predicted octanol–water partition coefficient (Wildman–Crippen LogP) is 2.92. The molecule has 0 bridgehead atoms. The van der Waals surface area contributed by atoms with Gasteiger partial charge in [-0.15, -0.1) is 75.8 Å². The predicted molar refractivity (Wildman–Crippen MR) is 81.4 cm³/mol. The lowest BCUT2D eigenvalue weighted by molar-refractivity contribution is 0.264. The van der Waals surface area contributed by atoms with Gasteiger partial charge in [-0.2, -0.15) is 0 Å². The summed E-state index contributed by atoms with van der Waals surface area (Å²) in [5.74, 6) is 0. The van der Waals surface area contributed by atoms with Gasteiger partial charge in [0.1, 0.15) is 5.44 Å². The zero-order valence-corrected chi connectivity index (χ0v) is 12.8. The largest absolute Gasteiger partial charge is 0.382 e. The van der Waals surface area contributed by atoms with Crippen LogP contribution in [-0.4, -0.2) is 10.5 Å². The summed E-state index contributed by atoms with van der Waals surface area (Å²) in [4.78, 5) is 3.20. The monoisotopic (exact) mass is 314 g/mol. The molecule has 1 aromatic rings. The van der Waals surface area contributed by atoms with Crippen molar-refractivity contribution >= 4 is 75.8 Å². The molecule has 84 valence electrons. The van der Waals surface area contributed by atoms with E-state index in [1.165, 1.54) is 0 Å². The normalized spacial score (nSPS) is 13.0. The summed E-state index contributed by atoms with van der Waals surface area (Å²) in [6.45, 7) is 0. The van der Waals surface area contributed by atoms with Crippen LogP contribution in [0.2, 0.25) is 0 Å². The van der Waals surface area contributed by atoms with E-state index in [1.54, 1.807) is 0 Å². The molecular weight excluding hydrogens is 304 g/mol. The van der Waals surface area contributed by atoms with Crippen molar-refractivity contribution in [1.82, 2.24) is 0 Å². The van der Waals surface area contributed by atoms with Crippen molar-refractivity contribution in [2.24, 2.45) is 0 Å². The number of aliphatic hydroxyl groups is 1. The average molecular weight is 315 g/mol. The van der Waals surface area contributed by atoms with Gasteiger partial charge < -0.3 is 5.11 Å². The Morgan fingerprint density at radius 3 is 1.47 bits per heavy atom. The highest BCUT2D eigenvalue weighted by molar-refractivity contribution is 7.87. The van der Waals surface area contributed by atoms with Crippen LogP contribution in [0.4, 0.5) is 0 Å². The first kappa shape index (κ1) is 14.3. The molecule has 1 unspecified atom stereocenters. The highest BCUT2D eigenvalue weighted by Crippen LogP contribution is 2.39. The van der Waals surface area contributed by atoms with Crippen LogP contribution in [0.1, 0.15) is 5.56 Å². The van der Waals surface area contributed by atoms with Crippen LogP contribution in [0.5, 0.6) is 0 Å². The number of benzene rings is 1. The second kappa shape index (κ2) is 5.75. The summed E-state index contributed by atoms with van der Waals surface area (Å²) in [5, 5.41) is 9.23. The molecule has 1 aromatic carbocycles. The van der Waals surface area contributed by atoms with Gasteiger partial charge in [0.25, 0.3) is 0 Å². The van der Waals surface area contributed by atoms with Crippen LogP contribution in [-0.2, 0) is 6.42 Å². The maximum absolute atomic E-state index is 9.23. The first-order chi connectivity index (χ1) is 6.86. The van der Waals surface area contributed by atoms with Gasteiger partial charge in [0.15, 0.2) is 0 Å². The van der Waals surface area contributed by atoms with E-state index in [2.05, 4.69) is 75.8 Å². The van der Waals surface area contributed by atoms with Crippen LogP contribution in [0, 0.1) is 0 Å². The van der Waals surface area contributed by atoms with Gasteiger partial charge in [-0.1, -0.05) is 0 Å². The fourth-order valence-electron chi connectivity index (χ4n) is 1.11. The first-order valence-corrected chi connectivity index (χ1v) is 6.65. The Morgan fingerprint density at radius 1 is 0.800 bits per heavy atom. The third-order valence-corrected chi connectivity index (χ3v) is 5.07. The third kappa shape index (κ3) is 3.14. The second-order valence-corrected chi connectivity index (χ2v) is 5.74. The lowest BCUT2D eigenvalue weighted by atomic mass is 10.1. The van der Waals surface area contributed by atoms with Crippen molar-refractivity contribution in [1.29, 1.82) is 0 Å². The molecule has 0 heterocycles. The van der Waals surface area contributed by atoms with E-state index in [0.29, 0.717) is 30.9 Å². The smallest absolute Gasteiger partial charge is 0.101 e. The molecule has 1 rings (SSSR count). The summed E-state index contributed by atoms with van der Waals surface area (Å²) in [6.07, 6.45) is 0.343. The summed E-state index contributed by atoms with van der Waals surface area (Å²) < 4.78 is 0. The Labute approximate surface area is 122 Å². The van der Waals surface area contributed by atoms with E-state index in [4.69, 9.17) is 0 Å². The number of thiol groups is 6. The van der Waals surface area contributed by atoms with Crippen LogP contribution < -0.4 is 0 Å². The molecule has 15 heavy (non-hydrogen) atoms. The zero-order chi connectivity index (χ0) is 11.7. The van der Waals surface area contributed by atoms with E-state index in [-0.39, 0.29) is 0 Å². The van der Waals surface area contributed by atoms with E-state index >= 15 is 0 Å². The Morgan fingerprint density at radius 2 is 1.13 bits per heavy atom. The minimum atomic E-state index is -0.756. The van der Waals surface area contributed by atoms with Crippen molar-refractivity contribution in [3.8, 4) is 0 Å². The van der Waals surface area contributed by atoms with Crippen molar-refractivity contribution < 1.29 is 5.11 Å². The molecule has 0 aliphatic rings. The molecule has 0 radical (unpaired) electrons. The maximum Gasteiger partial charge on any atom is 0.101 e. The van der Waals surface area contributed by atoms with Gasteiger partial charge in [0, 0.05) is 30.9 Å². The van der Waals surface area contributed by atoms with E-state index in [1.807, 2.05) is 0 Å². The van der Waals surface area contributed by atoms with Crippen molar-refractivity contribution in [2.75, 3.05) is 0 Å². The topological polar surface area (TPSA) is 20.2 Å². The summed E-state index contributed by atoms with van der Waals surface area (Å²) in [6, 6.07) is 0. The minimum Gasteiger partial charge on any atom is -0.382 e. The molecule has 0 saturated carbocycles. The Bertz CT molecular complexity index is 360. The molecule has 1 atom stereocenters. The van der Waals surface area contributed by atoms with Gasteiger partial charge >= 0.3 is 0 Å². The van der Waals surface area contributed by atoms with Gasteiger partial charge in [-0.25, -0.2) is 0 Å². The molecule has 0 spiro atoms. The summed E-state index contributed by atoms with van der Waals surface area (Å²) >= 11 is 25.4. The SMILES string of the molecule is OC(S)Cc1c(S)c(S)c(S)c(S)c1S. The van der Waals surface area contributed by atoms with Gasteiger partial charge in [-0.3, -0.25) is 0 Å². The number of rotatable bonds is 2. The van der Waals surface area contributed by atoms with E-state index < -0.39 is 5.44 Å². The molecule has 7 heteroatoms. The van der Waals surface area contributed by atoms with Crippen molar-refractivity contribution in [3.05, 3.63) is 5.56 Å². The molecule has 0 amide bonds. The number of hydrogen-bond acceptors (Lipinski definition) is 7. The molecule has 1 nitrogen and oxygen atoms in total. The number of aliphatic hydroxyl groups excluding tert-OH is 1. The zero-order valence-electron chi connectivity index (χ0n) is 7.41. The van der Waals surface area contributed by atoms with Gasteiger partial charge in [-0.05, 0) is 5.56 Å². The Balaban J connectivity index is 3.39. The van der Waals surface area contributed by atoms with Crippen molar-refractivity contribution in [2.45, 2.75) is 36.3 Å². The first-order valence-electron chi connectivity index (χ1n) is 3.90. The fraction of sp³-hybridized carbons (Fsp3) is 0.250. The quantitative estimate of drug-likeness (QED) is 0.331. The van der Waals surface area contributed by atoms with Crippen LogP contribution in [0.25, 0.3) is 0 Å². The Kier molecular flexibility index (Phi) is 5.50. The van der Waals surface area contributed by atoms with Crippen molar-refractivity contribution in [3.63, 3.8) is 0 Å². The van der Waals surface area contributed by atoms with Crippen LogP contribution in [0.3, 0.4) is 0 Å². The average Bonchev–Trinajstić information content (AvgIpc) is 2.18. The molecular formula is C8H10OS6. The highest BCUT2D eigenvalue weighted by atomic mass is 32.1. The maximum atomic E-state index is 9.23. The molecule has 0 aromatic heterocycles. The summed E-state index contributed by atoms with van der Waals surface area (Å²) in [7, 11) is 0. The highest BCUT2D eigenvalue weighted by Gasteiger charge is 2.16. The van der Waals surface area contributed by atoms with E-state index in [9.17, 15) is 5.11 Å². The molecule has 1 N–H and O–H groups in total. The third-order valence-electron chi connectivity index (χ3n) is 1.86. The Hall–Kier alpha value is 1.28. The lowest BCUT2D eigenvalue weighted by Gasteiger charge is -2.16. The molecule has 0 fully saturated rings. The standard InChI is InChI=1S/C8H10OS6/c9-3(10)1-2-4(11)6(13)8(15)7(14)5(2)12/h3,9-15H,1H2. The molecule has 0 aliphatic heterocycles. The van der Waals surface area contributed by atoms with E-state index in [0.717, 1.165) is 5.56 Å². The van der Waals surface area contributed by atoms with Crippen LogP contribution in [0.15, 0.2) is 24.5 Å². The second-order valence-electron chi connectivity index (χ2n) is 2.91. The fourth-order valence-corrected chi connectivity index (χ4v) is 2.99. The summed E-state index contributed by atoms with van der Waals surface area (Å²) in [5.41, 5.74) is 0.0185. The van der Waals surface area contributed by atoms with Gasteiger partial charge in [0.2, 0.25) is 0 Å².